The van der Waals surface area contributed by atoms with Gasteiger partial charge in [-0.2, -0.15) is 13.2 Å². The first-order valence-electron chi connectivity index (χ1n) is 6.26. The number of benzene rings is 2. The molecule has 0 saturated heterocycles. The van der Waals surface area contributed by atoms with Crippen LogP contribution in [0.3, 0.4) is 0 Å². The molecule has 0 aromatic heterocycles. The molecule has 2 nitrogen and oxygen atoms in total. The highest BCUT2D eigenvalue weighted by molar-refractivity contribution is 8.00. The van der Waals surface area contributed by atoms with E-state index in [-0.39, 0.29) is 22.4 Å². The van der Waals surface area contributed by atoms with Crippen molar-refractivity contribution in [2.75, 3.05) is 0 Å². The van der Waals surface area contributed by atoms with E-state index in [1.807, 2.05) is 12.1 Å². The van der Waals surface area contributed by atoms with Crippen LogP contribution in [-0.4, -0.2) is 10.6 Å². The van der Waals surface area contributed by atoms with Crippen molar-refractivity contribution in [3.05, 3.63) is 59.7 Å². The Kier molecular flexibility index (Phi) is 5.14. The summed E-state index contributed by atoms with van der Waals surface area (Å²) in [6.45, 7) is 1.19. The number of thioether (sulfide) groups is 1. The number of phenolic OH excluding ortho intramolecular Hbond substituents is 1. The molecule has 0 fully saturated rings. The van der Waals surface area contributed by atoms with Crippen LogP contribution in [0.4, 0.5) is 13.2 Å². The number of alkyl halides is 3. The summed E-state index contributed by atoms with van der Waals surface area (Å²) >= 11 is -0.113. The molecule has 6 heteroatoms. The van der Waals surface area contributed by atoms with E-state index in [9.17, 15) is 13.2 Å². The zero-order valence-corrected chi connectivity index (χ0v) is 11.8. The van der Waals surface area contributed by atoms with E-state index in [1.54, 1.807) is 24.3 Å². The molecule has 0 heterocycles. The van der Waals surface area contributed by atoms with Crippen molar-refractivity contribution in [1.82, 2.24) is 5.32 Å². The van der Waals surface area contributed by atoms with E-state index in [4.69, 9.17) is 5.11 Å². The van der Waals surface area contributed by atoms with Crippen LogP contribution >= 0.6 is 11.8 Å². The van der Waals surface area contributed by atoms with Crippen molar-refractivity contribution >= 4 is 11.8 Å². The molecule has 0 amide bonds. The maximum atomic E-state index is 12.2. The van der Waals surface area contributed by atoms with Gasteiger partial charge in [-0.3, -0.25) is 0 Å². The van der Waals surface area contributed by atoms with Crippen LogP contribution < -0.4 is 5.32 Å². The Morgan fingerprint density at radius 1 is 0.857 bits per heavy atom. The van der Waals surface area contributed by atoms with Crippen LogP contribution in [-0.2, 0) is 13.1 Å². The largest absolute Gasteiger partial charge is 0.508 e. The molecule has 0 unspecified atom stereocenters. The zero-order chi connectivity index (χ0) is 15.3. The van der Waals surface area contributed by atoms with E-state index in [1.165, 1.54) is 12.1 Å². The Balaban J connectivity index is 1.82. The van der Waals surface area contributed by atoms with Gasteiger partial charge in [0.25, 0.3) is 0 Å². The van der Waals surface area contributed by atoms with Crippen LogP contribution in [0.15, 0.2) is 53.4 Å². The fraction of sp³-hybridized carbons (Fsp3) is 0.200. The molecule has 0 aliphatic heterocycles. The number of hydrogen-bond acceptors (Lipinski definition) is 3. The average Bonchev–Trinajstić information content (AvgIpc) is 2.41. The van der Waals surface area contributed by atoms with Gasteiger partial charge in [0, 0.05) is 18.0 Å². The van der Waals surface area contributed by atoms with E-state index in [2.05, 4.69) is 5.32 Å². The van der Waals surface area contributed by atoms with E-state index >= 15 is 0 Å². The minimum Gasteiger partial charge on any atom is -0.508 e. The number of aromatic hydroxyl groups is 1. The number of phenols is 1. The third-order valence-corrected chi connectivity index (χ3v) is 3.49. The van der Waals surface area contributed by atoms with Gasteiger partial charge in [-0.25, -0.2) is 0 Å². The number of rotatable bonds is 5. The molecule has 2 rings (SSSR count). The van der Waals surface area contributed by atoms with Crippen molar-refractivity contribution in [3.8, 4) is 5.75 Å². The SMILES string of the molecule is Oc1ccc(CNCc2ccc(SC(F)(F)F)cc2)cc1. The molecule has 2 N–H and O–H groups in total. The molecule has 0 atom stereocenters. The van der Waals surface area contributed by atoms with Gasteiger partial charge in [0.05, 0.1) is 0 Å². The Hall–Kier alpha value is -1.66. The van der Waals surface area contributed by atoms with Crippen molar-refractivity contribution < 1.29 is 18.3 Å². The minimum atomic E-state index is -4.25. The molecule has 112 valence electrons. The van der Waals surface area contributed by atoms with Gasteiger partial charge in [0.2, 0.25) is 0 Å². The monoisotopic (exact) mass is 313 g/mol. The van der Waals surface area contributed by atoms with Crippen molar-refractivity contribution in [1.29, 1.82) is 0 Å². The summed E-state index contributed by atoms with van der Waals surface area (Å²) in [5.74, 6) is 0.219. The lowest BCUT2D eigenvalue weighted by Crippen LogP contribution is -2.12. The third-order valence-electron chi connectivity index (χ3n) is 2.75. The van der Waals surface area contributed by atoms with Gasteiger partial charge < -0.3 is 10.4 Å². The molecule has 2 aromatic rings. The van der Waals surface area contributed by atoms with E-state index in [0.717, 1.165) is 11.1 Å². The van der Waals surface area contributed by atoms with Gasteiger partial charge in [-0.05, 0) is 47.2 Å². The van der Waals surface area contributed by atoms with Crippen molar-refractivity contribution in [2.24, 2.45) is 0 Å². The molecular formula is C15H14F3NOS. The average molecular weight is 313 g/mol. The standard InChI is InChI=1S/C15H14F3NOS/c16-15(17,18)21-14-7-3-12(4-8-14)10-19-9-11-1-5-13(20)6-2-11/h1-8,19-20H,9-10H2. The summed E-state index contributed by atoms with van der Waals surface area (Å²) in [5, 5.41) is 12.4. The highest BCUT2D eigenvalue weighted by atomic mass is 32.2. The van der Waals surface area contributed by atoms with Crippen LogP contribution in [0.25, 0.3) is 0 Å². The predicted octanol–water partition coefficient (Wildman–Crippen LogP) is 4.29. The number of halogens is 3. The molecular weight excluding hydrogens is 299 g/mol. The maximum Gasteiger partial charge on any atom is 0.446 e. The van der Waals surface area contributed by atoms with Gasteiger partial charge in [0.15, 0.2) is 0 Å². The molecule has 0 aliphatic carbocycles. The molecule has 0 radical (unpaired) electrons. The fourth-order valence-electron chi connectivity index (χ4n) is 1.77. The lowest BCUT2D eigenvalue weighted by molar-refractivity contribution is -0.0328. The maximum absolute atomic E-state index is 12.2. The Bertz CT molecular complexity index is 567. The van der Waals surface area contributed by atoms with Gasteiger partial charge in [-0.15, -0.1) is 0 Å². The highest BCUT2D eigenvalue weighted by Gasteiger charge is 2.28. The first-order chi connectivity index (χ1) is 9.92. The van der Waals surface area contributed by atoms with Crippen LogP contribution in [0, 0.1) is 0 Å². The second kappa shape index (κ2) is 6.87. The lowest BCUT2D eigenvalue weighted by Gasteiger charge is -2.08. The van der Waals surface area contributed by atoms with Gasteiger partial charge in [0.1, 0.15) is 5.75 Å². The summed E-state index contributed by atoms with van der Waals surface area (Å²) in [4.78, 5) is 0.185. The zero-order valence-electron chi connectivity index (χ0n) is 11.0. The topological polar surface area (TPSA) is 32.3 Å². The third kappa shape index (κ3) is 5.69. The predicted molar refractivity (Wildman–Crippen MR) is 77.0 cm³/mol. The fourth-order valence-corrected chi connectivity index (χ4v) is 2.31. The number of nitrogens with one attached hydrogen (secondary N) is 1. The summed E-state index contributed by atoms with van der Waals surface area (Å²) in [6, 6.07) is 13.1. The van der Waals surface area contributed by atoms with Crippen LogP contribution in [0.5, 0.6) is 5.75 Å². The van der Waals surface area contributed by atoms with E-state index < -0.39 is 5.51 Å². The molecule has 21 heavy (non-hydrogen) atoms. The molecule has 0 aliphatic rings. The minimum absolute atomic E-state index is 0.113. The summed E-state index contributed by atoms with van der Waals surface area (Å²) < 4.78 is 36.6. The molecule has 2 aromatic carbocycles. The smallest absolute Gasteiger partial charge is 0.446 e. The first-order valence-corrected chi connectivity index (χ1v) is 7.07. The van der Waals surface area contributed by atoms with Gasteiger partial charge >= 0.3 is 5.51 Å². The van der Waals surface area contributed by atoms with Gasteiger partial charge in [-0.1, -0.05) is 24.3 Å². The Labute approximate surface area is 125 Å². The second-order valence-electron chi connectivity index (χ2n) is 4.46. The highest BCUT2D eigenvalue weighted by Crippen LogP contribution is 2.36. The Morgan fingerprint density at radius 2 is 1.33 bits per heavy atom. The van der Waals surface area contributed by atoms with Crippen LogP contribution in [0.1, 0.15) is 11.1 Å². The molecule has 0 spiro atoms. The second-order valence-corrected chi connectivity index (χ2v) is 5.60. The normalized spacial score (nSPS) is 11.6. The molecule has 0 saturated carbocycles. The summed E-state index contributed by atoms with van der Waals surface area (Å²) in [6.07, 6.45) is 0. The Morgan fingerprint density at radius 3 is 1.81 bits per heavy atom. The summed E-state index contributed by atoms with van der Waals surface area (Å²) in [5.41, 5.74) is -2.31. The lowest BCUT2D eigenvalue weighted by atomic mass is 10.2. The van der Waals surface area contributed by atoms with Crippen LogP contribution in [0.2, 0.25) is 0 Å². The summed E-state index contributed by atoms with van der Waals surface area (Å²) in [7, 11) is 0. The number of hydrogen-bond donors (Lipinski definition) is 2. The molecule has 0 bridgehead atoms. The van der Waals surface area contributed by atoms with Crippen molar-refractivity contribution in [3.63, 3.8) is 0 Å². The van der Waals surface area contributed by atoms with E-state index in [0.29, 0.717) is 13.1 Å². The van der Waals surface area contributed by atoms with Crippen molar-refractivity contribution in [2.45, 2.75) is 23.5 Å². The quantitative estimate of drug-likeness (QED) is 0.808. The first kappa shape index (κ1) is 15.7.